The standard InChI is InChI=1S/C14H15F2N3O2/c15-10-2-1-9(12(16)6-10)5-13-18-14(21-19-13)7-11-8-17-3-4-20-11/h1-2,6,11,17H,3-5,7-8H2. The van der Waals surface area contributed by atoms with Crippen molar-refractivity contribution in [2.75, 3.05) is 19.7 Å². The smallest absolute Gasteiger partial charge is 0.229 e. The van der Waals surface area contributed by atoms with Crippen molar-refractivity contribution < 1.29 is 18.0 Å². The molecule has 7 heteroatoms. The second-order valence-electron chi connectivity index (χ2n) is 4.92. The number of benzene rings is 1. The molecule has 1 atom stereocenters. The molecular formula is C14H15F2N3O2. The van der Waals surface area contributed by atoms with Gasteiger partial charge < -0.3 is 14.6 Å². The van der Waals surface area contributed by atoms with Gasteiger partial charge in [0.2, 0.25) is 5.89 Å². The summed E-state index contributed by atoms with van der Waals surface area (Å²) in [6.45, 7) is 2.24. The van der Waals surface area contributed by atoms with Gasteiger partial charge in [-0.1, -0.05) is 11.2 Å². The minimum atomic E-state index is -0.610. The summed E-state index contributed by atoms with van der Waals surface area (Å²) in [5.41, 5.74) is 0.333. The highest BCUT2D eigenvalue weighted by atomic mass is 19.1. The first-order valence-electron chi connectivity index (χ1n) is 6.78. The summed E-state index contributed by atoms with van der Waals surface area (Å²) >= 11 is 0. The molecular weight excluding hydrogens is 280 g/mol. The normalized spacial score (nSPS) is 18.9. The largest absolute Gasteiger partial charge is 0.375 e. The predicted molar refractivity (Wildman–Crippen MR) is 69.8 cm³/mol. The third-order valence-corrected chi connectivity index (χ3v) is 3.28. The lowest BCUT2D eigenvalue weighted by Crippen LogP contribution is -2.39. The number of aromatic nitrogens is 2. The number of hydrogen-bond donors (Lipinski definition) is 1. The van der Waals surface area contributed by atoms with Crippen LogP contribution in [0.4, 0.5) is 8.78 Å². The van der Waals surface area contributed by atoms with Crippen molar-refractivity contribution in [2.45, 2.75) is 18.9 Å². The number of nitrogens with one attached hydrogen (secondary N) is 1. The fraction of sp³-hybridized carbons (Fsp3) is 0.429. The Morgan fingerprint density at radius 2 is 2.24 bits per heavy atom. The average molecular weight is 295 g/mol. The van der Waals surface area contributed by atoms with E-state index in [9.17, 15) is 8.78 Å². The highest BCUT2D eigenvalue weighted by molar-refractivity contribution is 5.21. The molecule has 2 aromatic rings. The first-order valence-corrected chi connectivity index (χ1v) is 6.78. The first kappa shape index (κ1) is 14.1. The van der Waals surface area contributed by atoms with Gasteiger partial charge in [-0.2, -0.15) is 4.98 Å². The summed E-state index contributed by atoms with van der Waals surface area (Å²) in [4.78, 5) is 4.22. The Hall–Kier alpha value is -1.86. The molecule has 1 aliphatic rings. The van der Waals surface area contributed by atoms with Crippen LogP contribution in [0.15, 0.2) is 22.7 Å². The summed E-state index contributed by atoms with van der Waals surface area (Å²) in [6, 6.07) is 3.44. The molecule has 1 aliphatic heterocycles. The van der Waals surface area contributed by atoms with Gasteiger partial charge >= 0.3 is 0 Å². The number of rotatable bonds is 4. The van der Waals surface area contributed by atoms with Crippen LogP contribution < -0.4 is 5.32 Å². The van der Waals surface area contributed by atoms with E-state index in [1.54, 1.807) is 0 Å². The summed E-state index contributed by atoms with van der Waals surface area (Å²) < 4.78 is 37.1. The van der Waals surface area contributed by atoms with Gasteiger partial charge in [0.15, 0.2) is 5.82 Å². The van der Waals surface area contributed by atoms with Gasteiger partial charge in [0.05, 0.1) is 19.1 Å². The van der Waals surface area contributed by atoms with Gasteiger partial charge in [0.25, 0.3) is 0 Å². The average Bonchev–Trinajstić information content (AvgIpc) is 2.90. The number of morpholine rings is 1. The van der Waals surface area contributed by atoms with Gasteiger partial charge in [-0.15, -0.1) is 0 Å². The second kappa shape index (κ2) is 6.28. The number of nitrogens with zero attached hydrogens (tertiary/aromatic N) is 2. The quantitative estimate of drug-likeness (QED) is 0.925. The van der Waals surface area contributed by atoms with Crippen LogP contribution in [-0.4, -0.2) is 35.9 Å². The molecule has 21 heavy (non-hydrogen) atoms. The molecule has 1 N–H and O–H groups in total. The number of hydrogen-bond acceptors (Lipinski definition) is 5. The van der Waals surface area contributed by atoms with E-state index in [4.69, 9.17) is 9.26 Å². The summed E-state index contributed by atoms with van der Waals surface area (Å²) in [7, 11) is 0. The highest BCUT2D eigenvalue weighted by Gasteiger charge is 2.18. The van der Waals surface area contributed by atoms with Crippen LogP contribution in [0.3, 0.4) is 0 Å². The molecule has 1 unspecified atom stereocenters. The molecule has 1 aromatic carbocycles. The van der Waals surface area contributed by atoms with E-state index in [2.05, 4.69) is 15.5 Å². The summed E-state index contributed by atoms with van der Waals surface area (Å²) in [5, 5.41) is 7.03. The Morgan fingerprint density at radius 3 is 3.00 bits per heavy atom. The third-order valence-electron chi connectivity index (χ3n) is 3.28. The molecule has 5 nitrogen and oxygen atoms in total. The molecule has 3 rings (SSSR count). The first-order chi connectivity index (χ1) is 10.2. The molecule has 1 fully saturated rings. The fourth-order valence-electron chi connectivity index (χ4n) is 2.23. The molecule has 0 aliphatic carbocycles. The fourth-order valence-corrected chi connectivity index (χ4v) is 2.23. The molecule has 0 saturated carbocycles. The lowest BCUT2D eigenvalue weighted by Gasteiger charge is -2.21. The van der Waals surface area contributed by atoms with Crippen molar-refractivity contribution in [1.82, 2.24) is 15.5 Å². The van der Waals surface area contributed by atoms with Gasteiger partial charge in [-0.3, -0.25) is 0 Å². The van der Waals surface area contributed by atoms with Crippen molar-refractivity contribution in [3.63, 3.8) is 0 Å². The van der Waals surface area contributed by atoms with E-state index in [0.29, 0.717) is 30.3 Å². The van der Waals surface area contributed by atoms with E-state index in [0.717, 1.165) is 19.2 Å². The highest BCUT2D eigenvalue weighted by Crippen LogP contribution is 2.14. The summed E-state index contributed by atoms with van der Waals surface area (Å²) in [5.74, 6) is -0.381. The second-order valence-corrected chi connectivity index (χ2v) is 4.92. The maximum absolute atomic E-state index is 13.6. The molecule has 0 spiro atoms. The van der Waals surface area contributed by atoms with Gasteiger partial charge in [-0.05, 0) is 11.6 Å². The van der Waals surface area contributed by atoms with Crippen LogP contribution in [0.5, 0.6) is 0 Å². The van der Waals surface area contributed by atoms with Crippen molar-refractivity contribution in [2.24, 2.45) is 0 Å². The Bertz CT molecular complexity index is 612. The van der Waals surface area contributed by atoms with Crippen molar-refractivity contribution >= 4 is 0 Å². The van der Waals surface area contributed by atoms with E-state index in [1.165, 1.54) is 12.1 Å². The molecule has 0 amide bonds. The molecule has 1 saturated heterocycles. The van der Waals surface area contributed by atoms with E-state index in [-0.39, 0.29) is 12.5 Å². The van der Waals surface area contributed by atoms with Crippen molar-refractivity contribution in [3.05, 3.63) is 47.1 Å². The zero-order chi connectivity index (χ0) is 14.7. The lowest BCUT2D eigenvalue weighted by molar-refractivity contribution is 0.0246. The van der Waals surface area contributed by atoms with Gasteiger partial charge in [0, 0.05) is 25.6 Å². The van der Waals surface area contributed by atoms with Crippen LogP contribution >= 0.6 is 0 Å². The SMILES string of the molecule is Fc1ccc(Cc2noc(CC3CNCCO3)n2)c(F)c1. The Morgan fingerprint density at radius 1 is 1.33 bits per heavy atom. The van der Waals surface area contributed by atoms with E-state index in [1.807, 2.05) is 0 Å². The van der Waals surface area contributed by atoms with Gasteiger partial charge in [-0.25, -0.2) is 8.78 Å². The third kappa shape index (κ3) is 3.62. The molecule has 2 heterocycles. The predicted octanol–water partition coefficient (Wildman–Crippen LogP) is 1.47. The number of ether oxygens (including phenoxy) is 1. The Balaban J connectivity index is 1.64. The monoisotopic (exact) mass is 295 g/mol. The number of halogens is 2. The molecule has 0 bridgehead atoms. The minimum Gasteiger partial charge on any atom is -0.375 e. The van der Waals surface area contributed by atoms with Crippen LogP contribution in [0.1, 0.15) is 17.3 Å². The van der Waals surface area contributed by atoms with Gasteiger partial charge in [0.1, 0.15) is 11.6 Å². The van der Waals surface area contributed by atoms with Crippen LogP contribution in [0, 0.1) is 11.6 Å². The topological polar surface area (TPSA) is 60.2 Å². The van der Waals surface area contributed by atoms with Crippen LogP contribution in [-0.2, 0) is 17.6 Å². The molecule has 1 aromatic heterocycles. The lowest BCUT2D eigenvalue weighted by atomic mass is 10.1. The summed E-state index contributed by atoms with van der Waals surface area (Å²) in [6.07, 6.45) is 0.695. The molecule has 112 valence electrons. The maximum atomic E-state index is 13.6. The molecule has 0 radical (unpaired) electrons. The maximum Gasteiger partial charge on any atom is 0.229 e. The van der Waals surface area contributed by atoms with E-state index >= 15 is 0 Å². The Labute approximate surface area is 120 Å². The van der Waals surface area contributed by atoms with Crippen molar-refractivity contribution in [1.29, 1.82) is 0 Å². The van der Waals surface area contributed by atoms with E-state index < -0.39 is 11.6 Å². The van der Waals surface area contributed by atoms with Crippen LogP contribution in [0.25, 0.3) is 0 Å². The van der Waals surface area contributed by atoms with Crippen LogP contribution in [0.2, 0.25) is 0 Å². The zero-order valence-corrected chi connectivity index (χ0v) is 11.3. The van der Waals surface area contributed by atoms with Crippen molar-refractivity contribution in [3.8, 4) is 0 Å². The zero-order valence-electron chi connectivity index (χ0n) is 11.3. The minimum absolute atomic E-state index is 0.00890. The Kier molecular flexibility index (Phi) is 4.21.